The fraction of sp³-hybridized carbons (Fsp3) is 0.176. The van der Waals surface area contributed by atoms with Crippen LogP contribution in [-0.2, 0) is 19.9 Å². The normalized spacial score (nSPS) is 13.8. The first kappa shape index (κ1) is 18.9. The van der Waals surface area contributed by atoms with Crippen LogP contribution in [0.1, 0.15) is 18.5 Å². The lowest BCUT2D eigenvalue weighted by molar-refractivity contribution is 0.572. The van der Waals surface area contributed by atoms with Crippen LogP contribution in [0.5, 0.6) is 0 Å². The largest absolute Gasteiger partial charge is 0.345 e. The van der Waals surface area contributed by atoms with Crippen LogP contribution >= 0.6 is 11.6 Å². The third-order valence-electron chi connectivity index (χ3n) is 3.93. The number of benzene rings is 2. The van der Waals surface area contributed by atoms with E-state index in [-0.39, 0.29) is 9.92 Å². The van der Waals surface area contributed by atoms with Gasteiger partial charge in [0, 0.05) is 22.0 Å². The van der Waals surface area contributed by atoms with Gasteiger partial charge in [-0.05, 0) is 48.9 Å². The van der Waals surface area contributed by atoms with E-state index in [9.17, 15) is 16.8 Å². The molecule has 9 heteroatoms. The number of hydrogen-bond acceptors (Lipinski definition) is 4. The predicted molar refractivity (Wildman–Crippen MR) is 102 cm³/mol. The molecule has 3 rings (SSSR count). The lowest BCUT2D eigenvalue weighted by Gasteiger charge is -2.13. The number of aromatic nitrogens is 1. The van der Waals surface area contributed by atoms with Crippen LogP contribution in [0.4, 0.5) is 0 Å². The van der Waals surface area contributed by atoms with Gasteiger partial charge in [0.1, 0.15) is 5.03 Å². The summed E-state index contributed by atoms with van der Waals surface area (Å²) in [6.45, 7) is 1.69. The van der Waals surface area contributed by atoms with Gasteiger partial charge in [-0.3, -0.25) is 0 Å². The minimum absolute atomic E-state index is 0.0739. The van der Waals surface area contributed by atoms with Crippen molar-refractivity contribution >= 4 is 42.4 Å². The molecular formula is C17H17ClN2O4S2. The Morgan fingerprint density at radius 3 is 2.27 bits per heavy atom. The molecule has 0 radical (unpaired) electrons. The molecule has 1 atom stereocenters. The minimum atomic E-state index is -3.73. The molecule has 0 aliphatic rings. The molecule has 0 aliphatic carbocycles. The Hall–Kier alpha value is -1.87. The number of H-pyrrole nitrogens is 1. The summed E-state index contributed by atoms with van der Waals surface area (Å²) in [4.78, 5) is 3.01. The summed E-state index contributed by atoms with van der Waals surface area (Å²) in [5, 5.41) is 1.31. The van der Waals surface area contributed by atoms with Crippen molar-refractivity contribution in [3.63, 3.8) is 0 Å². The molecule has 1 aromatic heterocycles. The van der Waals surface area contributed by atoms with Crippen molar-refractivity contribution in [3.05, 3.63) is 59.1 Å². The summed E-state index contributed by atoms with van der Waals surface area (Å²) < 4.78 is 50.7. The highest BCUT2D eigenvalue weighted by Crippen LogP contribution is 2.27. The Morgan fingerprint density at radius 1 is 1.00 bits per heavy atom. The zero-order valence-corrected chi connectivity index (χ0v) is 16.4. The molecule has 0 bridgehead atoms. The number of hydrogen-bond donors (Lipinski definition) is 2. The van der Waals surface area contributed by atoms with Crippen molar-refractivity contribution in [1.29, 1.82) is 0 Å². The molecule has 26 heavy (non-hydrogen) atoms. The zero-order chi connectivity index (χ0) is 19.1. The Labute approximate surface area is 157 Å². The summed E-state index contributed by atoms with van der Waals surface area (Å²) in [6, 6.07) is 12.3. The second-order valence-corrected chi connectivity index (χ2v) is 10.2. The van der Waals surface area contributed by atoms with Gasteiger partial charge >= 0.3 is 0 Å². The first-order valence-electron chi connectivity index (χ1n) is 7.67. The maximum absolute atomic E-state index is 12.8. The van der Waals surface area contributed by atoms with E-state index < -0.39 is 25.9 Å². The maximum atomic E-state index is 12.8. The van der Waals surface area contributed by atoms with Crippen LogP contribution < -0.4 is 4.72 Å². The van der Waals surface area contributed by atoms with Gasteiger partial charge in [0.25, 0.3) is 0 Å². The van der Waals surface area contributed by atoms with Gasteiger partial charge in [-0.1, -0.05) is 23.7 Å². The van der Waals surface area contributed by atoms with Gasteiger partial charge in [0.2, 0.25) is 19.9 Å². The number of nitrogens with one attached hydrogen (secondary N) is 2. The van der Waals surface area contributed by atoms with Crippen LogP contribution in [0.15, 0.2) is 58.5 Å². The molecule has 1 heterocycles. The molecule has 0 unspecified atom stereocenters. The standard InChI is InChI=1S/C17H17ClN2O4S2/c1-11(20-25(2,21)22)12-3-6-15(7-4-12)26(23,24)17-10-13-9-14(18)5-8-16(13)19-17/h3-11,19-20H,1-2H3/t11-/m0/s1. The highest BCUT2D eigenvalue weighted by molar-refractivity contribution is 7.91. The third-order valence-corrected chi connectivity index (χ3v) is 6.64. The average Bonchev–Trinajstić information content (AvgIpc) is 2.97. The second-order valence-electron chi connectivity index (χ2n) is 6.05. The zero-order valence-electron chi connectivity index (χ0n) is 14.0. The number of sulfonamides is 1. The maximum Gasteiger partial charge on any atom is 0.221 e. The van der Waals surface area contributed by atoms with E-state index in [1.807, 2.05) is 0 Å². The lowest BCUT2D eigenvalue weighted by atomic mass is 10.1. The van der Waals surface area contributed by atoms with Crippen LogP contribution in [0.2, 0.25) is 5.02 Å². The molecule has 0 saturated heterocycles. The SMILES string of the molecule is C[C@H](NS(C)(=O)=O)c1ccc(S(=O)(=O)c2cc3cc(Cl)ccc3[nH]2)cc1. The Morgan fingerprint density at radius 2 is 1.65 bits per heavy atom. The van der Waals surface area contributed by atoms with Crippen molar-refractivity contribution in [1.82, 2.24) is 9.71 Å². The van der Waals surface area contributed by atoms with Crippen molar-refractivity contribution < 1.29 is 16.8 Å². The summed E-state index contributed by atoms with van der Waals surface area (Å²) in [6.07, 6.45) is 1.07. The summed E-state index contributed by atoms with van der Waals surface area (Å²) >= 11 is 5.94. The van der Waals surface area contributed by atoms with Crippen LogP contribution in [0, 0.1) is 0 Å². The molecule has 0 fully saturated rings. The van der Waals surface area contributed by atoms with E-state index in [1.54, 1.807) is 37.3 Å². The number of fused-ring (bicyclic) bond motifs is 1. The summed E-state index contributed by atoms with van der Waals surface area (Å²) in [5.74, 6) is 0. The molecule has 2 N–H and O–H groups in total. The van der Waals surface area contributed by atoms with E-state index in [0.29, 0.717) is 21.5 Å². The number of rotatable bonds is 5. The van der Waals surface area contributed by atoms with Crippen LogP contribution in [-0.4, -0.2) is 28.1 Å². The molecule has 0 aliphatic heterocycles. The van der Waals surface area contributed by atoms with Gasteiger partial charge < -0.3 is 4.98 Å². The molecular weight excluding hydrogens is 396 g/mol. The Kier molecular flexibility index (Phi) is 4.87. The summed E-state index contributed by atoms with van der Waals surface area (Å²) in [7, 11) is -7.08. The van der Waals surface area contributed by atoms with E-state index in [0.717, 1.165) is 6.26 Å². The van der Waals surface area contributed by atoms with E-state index >= 15 is 0 Å². The van der Waals surface area contributed by atoms with Gasteiger partial charge in [-0.25, -0.2) is 21.6 Å². The van der Waals surface area contributed by atoms with Gasteiger partial charge in [0.05, 0.1) is 11.2 Å². The van der Waals surface area contributed by atoms with Crippen molar-refractivity contribution in [2.45, 2.75) is 22.9 Å². The first-order chi connectivity index (χ1) is 12.1. The van der Waals surface area contributed by atoms with Crippen molar-refractivity contribution in [2.75, 3.05) is 6.26 Å². The highest BCUT2D eigenvalue weighted by atomic mass is 35.5. The van der Waals surface area contributed by atoms with Crippen LogP contribution in [0.3, 0.4) is 0 Å². The van der Waals surface area contributed by atoms with Gasteiger partial charge in [0.15, 0.2) is 0 Å². The molecule has 0 saturated carbocycles. The number of halogens is 1. The second kappa shape index (κ2) is 6.70. The lowest BCUT2D eigenvalue weighted by Crippen LogP contribution is -2.25. The molecule has 2 aromatic carbocycles. The highest BCUT2D eigenvalue weighted by Gasteiger charge is 2.21. The van der Waals surface area contributed by atoms with Crippen LogP contribution in [0.25, 0.3) is 10.9 Å². The molecule has 3 aromatic rings. The molecule has 0 amide bonds. The van der Waals surface area contributed by atoms with E-state index in [4.69, 9.17) is 11.6 Å². The molecule has 6 nitrogen and oxygen atoms in total. The van der Waals surface area contributed by atoms with E-state index in [1.165, 1.54) is 18.2 Å². The quantitative estimate of drug-likeness (QED) is 0.672. The third kappa shape index (κ3) is 3.93. The Balaban J connectivity index is 1.94. The smallest absolute Gasteiger partial charge is 0.221 e. The van der Waals surface area contributed by atoms with Crippen molar-refractivity contribution in [2.24, 2.45) is 0 Å². The fourth-order valence-electron chi connectivity index (χ4n) is 2.67. The Bertz CT molecular complexity index is 1170. The topological polar surface area (TPSA) is 96.1 Å². The molecule has 138 valence electrons. The fourth-order valence-corrected chi connectivity index (χ4v) is 4.91. The number of aromatic amines is 1. The monoisotopic (exact) mass is 412 g/mol. The van der Waals surface area contributed by atoms with E-state index in [2.05, 4.69) is 9.71 Å². The van der Waals surface area contributed by atoms with Gasteiger partial charge in [-0.15, -0.1) is 0 Å². The van der Waals surface area contributed by atoms with Gasteiger partial charge in [-0.2, -0.15) is 0 Å². The first-order valence-corrected chi connectivity index (χ1v) is 11.4. The number of sulfone groups is 1. The summed E-state index contributed by atoms with van der Waals surface area (Å²) in [5.41, 5.74) is 1.34. The molecule has 0 spiro atoms. The minimum Gasteiger partial charge on any atom is -0.345 e. The predicted octanol–water partition coefficient (Wildman–Crippen LogP) is 3.26. The van der Waals surface area contributed by atoms with Crippen molar-refractivity contribution in [3.8, 4) is 0 Å². The average molecular weight is 413 g/mol.